The van der Waals surface area contributed by atoms with Gasteiger partial charge in [-0.05, 0) is 73.0 Å². The van der Waals surface area contributed by atoms with E-state index >= 15 is 0 Å². The lowest BCUT2D eigenvalue weighted by molar-refractivity contribution is 1.17. The fourth-order valence-electron chi connectivity index (χ4n) is 6.40. The highest BCUT2D eigenvalue weighted by Crippen LogP contribution is 2.39. The predicted octanol–water partition coefficient (Wildman–Crippen LogP) is 10.2. The van der Waals surface area contributed by atoms with Crippen LogP contribution in [-0.2, 0) is 0 Å². The summed E-state index contributed by atoms with van der Waals surface area (Å²) in [5.74, 6) is 0. The Morgan fingerprint density at radius 3 is 1.68 bits per heavy atom. The van der Waals surface area contributed by atoms with E-state index in [9.17, 15) is 0 Å². The maximum atomic E-state index is 2.46. The summed E-state index contributed by atoms with van der Waals surface area (Å²) in [6, 6.07) is 48.8. The zero-order valence-corrected chi connectivity index (χ0v) is 22.6. The second-order valence-electron chi connectivity index (χ2n) is 10.8. The molecule has 8 rings (SSSR count). The first-order chi connectivity index (χ1) is 19.7. The fraction of sp³-hybridized carbons (Fsp3) is 0.0526. The molecule has 2 heterocycles. The van der Waals surface area contributed by atoms with Crippen LogP contribution in [0.1, 0.15) is 11.1 Å². The third kappa shape index (κ3) is 3.36. The minimum Gasteiger partial charge on any atom is -0.309 e. The molecule has 0 bridgehead atoms. The van der Waals surface area contributed by atoms with E-state index in [1.165, 1.54) is 77.2 Å². The largest absolute Gasteiger partial charge is 0.309 e. The molecule has 0 unspecified atom stereocenters. The third-order valence-electron chi connectivity index (χ3n) is 8.22. The first-order valence-corrected chi connectivity index (χ1v) is 13.9. The second kappa shape index (κ2) is 8.72. The summed E-state index contributed by atoms with van der Waals surface area (Å²) >= 11 is 0. The molecule has 190 valence electrons. The van der Waals surface area contributed by atoms with Crippen LogP contribution in [0.15, 0.2) is 133 Å². The van der Waals surface area contributed by atoms with Gasteiger partial charge in [-0.1, -0.05) is 91.0 Å². The highest BCUT2D eigenvalue weighted by Gasteiger charge is 2.18. The summed E-state index contributed by atoms with van der Waals surface area (Å²) in [5, 5.41) is 5.11. The fourth-order valence-corrected chi connectivity index (χ4v) is 6.40. The Bertz CT molecular complexity index is 2170. The van der Waals surface area contributed by atoms with Gasteiger partial charge < -0.3 is 9.13 Å². The van der Waals surface area contributed by atoms with Gasteiger partial charge in [0.2, 0.25) is 0 Å². The summed E-state index contributed by atoms with van der Waals surface area (Å²) in [6.07, 6.45) is 0. The number of rotatable bonds is 3. The molecule has 0 fully saturated rings. The maximum absolute atomic E-state index is 2.46. The van der Waals surface area contributed by atoms with E-state index in [1.807, 2.05) is 0 Å². The van der Waals surface area contributed by atoms with Crippen LogP contribution in [0.2, 0.25) is 0 Å². The highest BCUT2D eigenvalue weighted by molar-refractivity contribution is 6.12. The van der Waals surface area contributed by atoms with Gasteiger partial charge in [0.15, 0.2) is 0 Å². The van der Waals surface area contributed by atoms with Crippen molar-refractivity contribution in [1.82, 2.24) is 9.13 Å². The molecule has 0 aliphatic rings. The molecule has 0 amide bonds. The minimum absolute atomic E-state index is 1.17. The lowest BCUT2D eigenvalue weighted by Crippen LogP contribution is -1.98. The van der Waals surface area contributed by atoms with Crippen molar-refractivity contribution in [1.29, 1.82) is 0 Å². The lowest BCUT2D eigenvalue weighted by atomic mass is 10.0. The van der Waals surface area contributed by atoms with E-state index < -0.39 is 0 Å². The van der Waals surface area contributed by atoms with Gasteiger partial charge >= 0.3 is 0 Å². The summed E-state index contributed by atoms with van der Waals surface area (Å²) in [4.78, 5) is 0. The molecular weight excluding hydrogens is 484 g/mol. The van der Waals surface area contributed by atoms with Crippen molar-refractivity contribution in [2.75, 3.05) is 0 Å². The summed E-state index contributed by atoms with van der Waals surface area (Å²) in [7, 11) is 0. The normalized spacial score (nSPS) is 11.8. The monoisotopic (exact) mass is 512 g/mol. The van der Waals surface area contributed by atoms with Crippen LogP contribution in [-0.4, -0.2) is 9.13 Å². The standard InChI is InChI=1S/C38H28N2/c1-25-16-19-31-32-20-17-26(2)23-37(32)40(36(31)22-25)34-14-8-6-12-29(34)27-18-21-33-30-13-7-9-15-35(30)39(38(33)24-27)28-10-4-3-5-11-28/h3-24H,1-2H3. The summed E-state index contributed by atoms with van der Waals surface area (Å²) < 4.78 is 4.85. The summed E-state index contributed by atoms with van der Waals surface area (Å²) in [6.45, 7) is 4.35. The number of nitrogens with zero attached hydrogens (tertiary/aromatic N) is 2. The van der Waals surface area contributed by atoms with Crippen molar-refractivity contribution in [3.8, 4) is 22.5 Å². The number of hydrogen-bond donors (Lipinski definition) is 0. The molecule has 0 aliphatic carbocycles. The van der Waals surface area contributed by atoms with Crippen LogP contribution in [0, 0.1) is 13.8 Å². The molecule has 2 aromatic heterocycles. The number of aryl methyl sites for hydroxylation is 2. The van der Waals surface area contributed by atoms with Gasteiger partial charge in [0.05, 0.1) is 27.8 Å². The van der Waals surface area contributed by atoms with E-state index in [0.29, 0.717) is 0 Å². The van der Waals surface area contributed by atoms with Crippen molar-refractivity contribution in [3.63, 3.8) is 0 Å². The molecule has 0 radical (unpaired) electrons. The molecule has 40 heavy (non-hydrogen) atoms. The average molecular weight is 513 g/mol. The van der Waals surface area contributed by atoms with Crippen LogP contribution < -0.4 is 0 Å². The third-order valence-corrected chi connectivity index (χ3v) is 8.22. The Kier molecular flexibility index (Phi) is 4.99. The first-order valence-electron chi connectivity index (χ1n) is 13.9. The Morgan fingerprint density at radius 2 is 0.950 bits per heavy atom. The molecule has 6 aromatic carbocycles. The van der Waals surface area contributed by atoms with Crippen molar-refractivity contribution in [3.05, 3.63) is 145 Å². The SMILES string of the molecule is Cc1ccc2c3ccc(C)cc3n(-c3ccccc3-c3ccc4c5ccccc5n(-c5ccccc5)c4c3)c2c1. The molecule has 8 aromatic rings. The molecule has 0 saturated carbocycles. The van der Waals surface area contributed by atoms with Crippen LogP contribution in [0.25, 0.3) is 66.1 Å². The van der Waals surface area contributed by atoms with Gasteiger partial charge in [-0.2, -0.15) is 0 Å². The van der Waals surface area contributed by atoms with Gasteiger partial charge in [0.1, 0.15) is 0 Å². The van der Waals surface area contributed by atoms with Crippen LogP contribution in [0.4, 0.5) is 0 Å². The molecule has 0 N–H and O–H groups in total. The predicted molar refractivity (Wildman–Crippen MR) is 170 cm³/mol. The number of para-hydroxylation sites is 3. The maximum Gasteiger partial charge on any atom is 0.0547 e. The molecule has 0 atom stereocenters. The van der Waals surface area contributed by atoms with Crippen molar-refractivity contribution < 1.29 is 0 Å². The van der Waals surface area contributed by atoms with Gasteiger partial charge in [0.25, 0.3) is 0 Å². The van der Waals surface area contributed by atoms with E-state index in [4.69, 9.17) is 0 Å². The smallest absolute Gasteiger partial charge is 0.0547 e. The Balaban J connectivity index is 1.44. The molecular formula is C38H28N2. The van der Waals surface area contributed by atoms with E-state index in [-0.39, 0.29) is 0 Å². The molecule has 0 aliphatic heterocycles. The Hall–Kier alpha value is -5.08. The summed E-state index contributed by atoms with van der Waals surface area (Å²) in [5.41, 5.74) is 12.2. The first kappa shape index (κ1) is 22.9. The molecule has 0 spiro atoms. The van der Waals surface area contributed by atoms with Gasteiger partial charge in [0, 0.05) is 32.8 Å². The molecule has 0 saturated heterocycles. The van der Waals surface area contributed by atoms with Gasteiger partial charge in [-0.25, -0.2) is 0 Å². The van der Waals surface area contributed by atoms with Crippen molar-refractivity contribution in [2.24, 2.45) is 0 Å². The highest BCUT2D eigenvalue weighted by atomic mass is 15.0. The molecule has 2 nitrogen and oxygen atoms in total. The van der Waals surface area contributed by atoms with Gasteiger partial charge in [-0.3, -0.25) is 0 Å². The number of benzene rings is 6. The van der Waals surface area contributed by atoms with Crippen molar-refractivity contribution in [2.45, 2.75) is 13.8 Å². The van der Waals surface area contributed by atoms with Crippen molar-refractivity contribution >= 4 is 43.6 Å². The van der Waals surface area contributed by atoms with E-state index in [2.05, 4.69) is 156 Å². The average Bonchev–Trinajstić information content (AvgIpc) is 3.48. The minimum atomic E-state index is 1.17. The number of fused-ring (bicyclic) bond motifs is 6. The number of aromatic nitrogens is 2. The quantitative estimate of drug-likeness (QED) is 0.223. The second-order valence-corrected chi connectivity index (χ2v) is 10.8. The van der Waals surface area contributed by atoms with Crippen LogP contribution in [0.3, 0.4) is 0 Å². The van der Waals surface area contributed by atoms with E-state index in [1.54, 1.807) is 0 Å². The Morgan fingerprint density at radius 1 is 0.400 bits per heavy atom. The topological polar surface area (TPSA) is 9.86 Å². The van der Waals surface area contributed by atoms with Gasteiger partial charge in [-0.15, -0.1) is 0 Å². The zero-order valence-electron chi connectivity index (χ0n) is 22.6. The Labute approximate surface area is 233 Å². The van der Waals surface area contributed by atoms with E-state index in [0.717, 1.165) is 0 Å². The molecule has 2 heteroatoms. The van der Waals surface area contributed by atoms with Crippen LogP contribution in [0.5, 0.6) is 0 Å². The van der Waals surface area contributed by atoms with Crippen LogP contribution >= 0.6 is 0 Å². The number of hydrogen-bond acceptors (Lipinski definition) is 0. The lowest BCUT2D eigenvalue weighted by Gasteiger charge is -2.15. The zero-order chi connectivity index (χ0) is 26.8.